The van der Waals surface area contributed by atoms with Gasteiger partial charge in [0.15, 0.2) is 5.96 Å². The summed E-state index contributed by atoms with van der Waals surface area (Å²) < 4.78 is 0. The van der Waals surface area contributed by atoms with Gasteiger partial charge in [-0.25, -0.2) is 0 Å². The normalized spacial score (nSPS) is 12.9. The van der Waals surface area contributed by atoms with Crippen molar-refractivity contribution in [1.82, 2.24) is 21.3 Å². The maximum atomic E-state index is 12.3. The van der Waals surface area contributed by atoms with Crippen LogP contribution in [0.1, 0.15) is 157 Å². The molecule has 0 bridgehead atoms. The molecular weight excluding hydrogens is 691 g/mol. The summed E-state index contributed by atoms with van der Waals surface area (Å²) in [6.45, 7) is 16.3. The summed E-state index contributed by atoms with van der Waals surface area (Å²) in [5, 5.41) is 21.3. The summed E-state index contributed by atoms with van der Waals surface area (Å²) in [5.74, 6) is -0.803. The van der Waals surface area contributed by atoms with Crippen LogP contribution in [-0.2, 0) is 14.4 Å². The largest absolute Gasteiger partial charge is 0.370 e. The molecule has 0 heterocycles. The maximum absolute atomic E-state index is 12.3. The minimum Gasteiger partial charge on any atom is -0.370 e. The minimum absolute atomic E-state index is 0.0765. The van der Waals surface area contributed by atoms with Crippen molar-refractivity contribution in [2.24, 2.45) is 16.5 Å². The second kappa shape index (κ2) is 34.8. The lowest BCUT2D eigenvalue weighted by atomic mass is 10.0. The van der Waals surface area contributed by atoms with Crippen LogP contribution in [0.25, 0.3) is 0 Å². The van der Waals surface area contributed by atoms with Crippen LogP contribution in [0.2, 0.25) is 0 Å². The Morgan fingerprint density at radius 2 is 1.05 bits per heavy atom. The Labute approximate surface area is 334 Å². The summed E-state index contributed by atoms with van der Waals surface area (Å²) in [5.41, 5.74) is 17.6. The molecule has 0 aromatic carbocycles. The van der Waals surface area contributed by atoms with Crippen molar-refractivity contribution in [3.8, 4) is 0 Å². The fraction of sp³-hybridized carbons (Fsp3) is 0.682. The Morgan fingerprint density at radius 3 is 1.65 bits per heavy atom. The van der Waals surface area contributed by atoms with E-state index < -0.39 is 12.1 Å². The molecule has 11 heteroatoms. The fourth-order valence-electron chi connectivity index (χ4n) is 5.65. The van der Waals surface area contributed by atoms with E-state index in [0.717, 1.165) is 109 Å². The van der Waals surface area contributed by atoms with E-state index >= 15 is 0 Å². The van der Waals surface area contributed by atoms with E-state index in [9.17, 15) is 19.5 Å². The average Bonchev–Trinajstić information content (AvgIpc) is 3.12. The zero-order valence-electron chi connectivity index (χ0n) is 35.5. The third-order valence-electron chi connectivity index (χ3n) is 9.14. The van der Waals surface area contributed by atoms with Crippen molar-refractivity contribution >= 4 is 23.7 Å². The molecule has 1 unspecified atom stereocenters. The molecule has 0 spiro atoms. The van der Waals surface area contributed by atoms with Gasteiger partial charge in [0.2, 0.25) is 18.0 Å². The molecule has 0 fully saturated rings. The van der Waals surface area contributed by atoms with Crippen molar-refractivity contribution in [2.45, 2.75) is 163 Å². The molecule has 9 N–H and O–H groups in total. The van der Waals surface area contributed by atoms with E-state index in [1.54, 1.807) is 0 Å². The highest BCUT2D eigenvalue weighted by Crippen LogP contribution is 2.14. The van der Waals surface area contributed by atoms with Crippen LogP contribution < -0.4 is 32.7 Å². The predicted octanol–water partition coefficient (Wildman–Crippen LogP) is 7.29. The number of nitrogens with one attached hydrogen (secondary N) is 4. The highest BCUT2D eigenvalue weighted by atomic mass is 16.3. The van der Waals surface area contributed by atoms with Gasteiger partial charge in [-0.2, -0.15) is 0 Å². The number of allylic oxidation sites excluding steroid dienone is 10. The van der Waals surface area contributed by atoms with E-state index in [2.05, 4.69) is 98.2 Å². The zero-order chi connectivity index (χ0) is 41.1. The summed E-state index contributed by atoms with van der Waals surface area (Å²) in [4.78, 5) is 40.2. The highest BCUT2D eigenvalue weighted by Gasteiger charge is 2.16. The summed E-state index contributed by atoms with van der Waals surface area (Å²) in [6, 6.07) is 0. The number of aliphatic hydroxyl groups is 1. The number of rotatable bonds is 33. The highest BCUT2D eigenvalue weighted by molar-refractivity contribution is 5.86. The standard InChI is InChI=1S/C44H79N7O4/c1-35(2)19-15-22-38(5)25-16-23-36(3)20-10-11-21-37(4)24-17-26-39(6)28-29-40(52)48-34-18-31-47-30-13-14-32-49-42(54)43(55)51-41(53)27-9-7-8-12-33-50-44(45)46/h19-21,25-26,43,47,55H,7-18,22-24,27-34H2,1-6H3,(H,48,52)(H,49,54)(H,51,53)(H4,45,46,50)/b36-20+,37-21?,38-25+,39-26?. The van der Waals surface area contributed by atoms with Crippen LogP contribution in [0.3, 0.4) is 0 Å². The number of amides is 3. The van der Waals surface area contributed by atoms with Gasteiger partial charge in [0.25, 0.3) is 5.91 Å². The zero-order valence-corrected chi connectivity index (χ0v) is 35.5. The van der Waals surface area contributed by atoms with Gasteiger partial charge in [-0.15, -0.1) is 0 Å². The number of aliphatic hydroxyl groups excluding tert-OH is 1. The molecule has 1 atom stereocenters. The summed E-state index contributed by atoms with van der Waals surface area (Å²) in [6.07, 6.45) is 26.2. The van der Waals surface area contributed by atoms with Crippen LogP contribution >= 0.6 is 0 Å². The molecule has 3 amide bonds. The van der Waals surface area contributed by atoms with Crippen molar-refractivity contribution in [3.05, 3.63) is 58.2 Å². The Morgan fingerprint density at radius 1 is 0.545 bits per heavy atom. The van der Waals surface area contributed by atoms with E-state index in [0.29, 0.717) is 32.5 Å². The smallest absolute Gasteiger partial charge is 0.269 e. The third kappa shape index (κ3) is 35.7. The van der Waals surface area contributed by atoms with E-state index in [1.165, 1.54) is 27.9 Å². The number of nitrogens with two attached hydrogens (primary N) is 2. The number of nitrogens with zero attached hydrogens (tertiary/aromatic N) is 1. The summed E-state index contributed by atoms with van der Waals surface area (Å²) >= 11 is 0. The first kappa shape index (κ1) is 51.3. The van der Waals surface area contributed by atoms with Crippen molar-refractivity contribution in [1.29, 1.82) is 0 Å². The third-order valence-corrected chi connectivity index (χ3v) is 9.14. The van der Waals surface area contributed by atoms with Crippen molar-refractivity contribution < 1.29 is 19.5 Å². The van der Waals surface area contributed by atoms with Gasteiger partial charge in [-0.1, -0.05) is 71.1 Å². The van der Waals surface area contributed by atoms with Crippen molar-refractivity contribution in [3.63, 3.8) is 0 Å². The van der Waals surface area contributed by atoms with Gasteiger partial charge in [0.05, 0.1) is 0 Å². The quantitative estimate of drug-likeness (QED) is 0.0120. The first-order valence-electron chi connectivity index (χ1n) is 20.8. The molecule has 0 aromatic heterocycles. The van der Waals surface area contributed by atoms with Gasteiger partial charge in [-0.3, -0.25) is 19.4 Å². The summed E-state index contributed by atoms with van der Waals surface area (Å²) in [7, 11) is 0. The molecule has 0 radical (unpaired) electrons. The molecule has 0 saturated heterocycles. The van der Waals surface area contributed by atoms with E-state index in [4.69, 9.17) is 11.5 Å². The molecule has 11 nitrogen and oxygen atoms in total. The number of carbonyl (C=O) groups excluding carboxylic acids is 3. The second-order valence-electron chi connectivity index (χ2n) is 15.1. The number of aliphatic imine (C=N–C) groups is 1. The van der Waals surface area contributed by atoms with Crippen LogP contribution in [0, 0.1) is 0 Å². The van der Waals surface area contributed by atoms with Gasteiger partial charge in [-0.05, 0) is 145 Å². The molecule has 0 saturated carbocycles. The monoisotopic (exact) mass is 770 g/mol. The molecule has 55 heavy (non-hydrogen) atoms. The second-order valence-corrected chi connectivity index (χ2v) is 15.1. The van der Waals surface area contributed by atoms with Crippen LogP contribution in [0.15, 0.2) is 63.2 Å². The van der Waals surface area contributed by atoms with Gasteiger partial charge < -0.3 is 37.8 Å². The lowest BCUT2D eigenvalue weighted by molar-refractivity contribution is -0.136. The Kier molecular flexibility index (Phi) is 32.4. The number of hydrogen-bond donors (Lipinski definition) is 7. The SMILES string of the molecule is CC(C)=CCC/C(C)=C/CC/C(C)=C/CCC=C(C)CCC=C(C)CCC(=O)NCCCNCCCCNC(=O)C(O)NC(=O)CCCCCCN=C(N)N. The molecule has 0 rings (SSSR count). The fourth-order valence-corrected chi connectivity index (χ4v) is 5.65. The molecule has 0 aliphatic rings. The molecule has 0 aliphatic heterocycles. The number of guanidine groups is 1. The lowest BCUT2D eigenvalue weighted by Gasteiger charge is -2.13. The number of carbonyl (C=O) groups is 3. The van der Waals surface area contributed by atoms with E-state index in [-0.39, 0.29) is 24.2 Å². The van der Waals surface area contributed by atoms with Crippen LogP contribution in [0.5, 0.6) is 0 Å². The predicted molar refractivity (Wildman–Crippen MR) is 231 cm³/mol. The van der Waals surface area contributed by atoms with E-state index in [1.807, 2.05) is 0 Å². The number of unbranched alkanes of at least 4 members (excludes halogenated alkanes) is 5. The Balaban J connectivity index is 3.85. The first-order valence-corrected chi connectivity index (χ1v) is 20.8. The molecule has 314 valence electrons. The Hall–Kier alpha value is -3.70. The van der Waals surface area contributed by atoms with Crippen LogP contribution in [0.4, 0.5) is 0 Å². The maximum Gasteiger partial charge on any atom is 0.269 e. The first-order chi connectivity index (χ1) is 26.3. The Bertz CT molecular complexity index is 1260. The molecular formula is C44H79N7O4. The minimum atomic E-state index is -1.55. The van der Waals surface area contributed by atoms with Crippen LogP contribution in [-0.4, -0.2) is 67.7 Å². The topological polar surface area (TPSA) is 184 Å². The number of hydrogen-bond acceptors (Lipinski definition) is 6. The van der Waals surface area contributed by atoms with Gasteiger partial charge >= 0.3 is 0 Å². The van der Waals surface area contributed by atoms with Gasteiger partial charge in [0, 0.05) is 32.5 Å². The lowest BCUT2D eigenvalue weighted by Crippen LogP contribution is -2.46. The molecule has 0 aromatic rings. The van der Waals surface area contributed by atoms with Gasteiger partial charge in [0.1, 0.15) is 0 Å². The van der Waals surface area contributed by atoms with Crippen molar-refractivity contribution in [2.75, 3.05) is 32.7 Å². The molecule has 0 aliphatic carbocycles. The average molecular weight is 770 g/mol.